The number of nitrogens with zero attached hydrogens (tertiary/aromatic N) is 1. The van der Waals surface area contributed by atoms with Gasteiger partial charge in [0.1, 0.15) is 0 Å². The van der Waals surface area contributed by atoms with Crippen LogP contribution in [0.25, 0.3) is 0 Å². The molecule has 98 valence electrons. The Morgan fingerprint density at radius 2 is 2.18 bits per heavy atom. The second kappa shape index (κ2) is 5.80. The minimum Gasteiger partial charge on any atom is -0.479 e. The van der Waals surface area contributed by atoms with Gasteiger partial charge in [-0.25, -0.2) is 4.79 Å². The molecule has 0 saturated carbocycles. The topological polar surface area (TPSA) is 70.0 Å². The number of aliphatic hydroxyl groups excluding tert-OH is 1. The molecule has 2 aliphatic heterocycles. The van der Waals surface area contributed by atoms with E-state index in [1.54, 1.807) is 0 Å². The van der Waals surface area contributed by atoms with Gasteiger partial charge >= 0.3 is 5.97 Å². The number of aliphatic hydroxyl groups is 1. The zero-order valence-corrected chi connectivity index (χ0v) is 10.0. The number of hydrogen-bond donors (Lipinski definition) is 2. The number of piperidine rings is 1. The van der Waals surface area contributed by atoms with Gasteiger partial charge in [-0.05, 0) is 38.1 Å². The van der Waals surface area contributed by atoms with Crippen LogP contribution < -0.4 is 0 Å². The van der Waals surface area contributed by atoms with Crippen LogP contribution in [0.5, 0.6) is 0 Å². The first-order chi connectivity index (χ1) is 8.19. The molecule has 2 fully saturated rings. The highest BCUT2D eigenvalue weighted by atomic mass is 16.5. The van der Waals surface area contributed by atoms with Gasteiger partial charge in [-0.3, -0.25) is 0 Å². The third-order valence-corrected chi connectivity index (χ3v) is 3.71. The molecule has 2 heterocycles. The number of ether oxygens (including phenoxy) is 1. The average molecular weight is 243 g/mol. The fraction of sp³-hybridized carbons (Fsp3) is 0.917. The molecule has 17 heavy (non-hydrogen) atoms. The van der Waals surface area contributed by atoms with E-state index in [-0.39, 0.29) is 12.7 Å². The monoisotopic (exact) mass is 243 g/mol. The smallest absolute Gasteiger partial charge is 0.332 e. The Balaban J connectivity index is 1.76. The van der Waals surface area contributed by atoms with E-state index in [0.29, 0.717) is 12.3 Å². The summed E-state index contributed by atoms with van der Waals surface area (Å²) in [5, 5.41) is 18.0. The second-order valence-electron chi connectivity index (χ2n) is 5.11. The molecule has 3 unspecified atom stereocenters. The zero-order valence-electron chi connectivity index (χ0n) is 10.0. The molecule has 0 radical (unpaired) electrons. The SMILES string of the molecule is O=C(O)C1CCC(CN2CCCC(CO)C2)O1. The van der Waals surface area contributed by atoms with E-state index in [1.807, 2.05) is 0 Å². The molecular weight excluding hydrogens is 222 g/mol. The fourth-order valence-corrected chi connectivity index (χ4v) is 2.78. The van der Waals surface area contributed by atoms with E-state index in [9.17, 15) is 4.79 Å². The highest BCUT2D eigenvalue weighted by Crippen LogP contribution is 2.23. The summed E-state index contributed by atoms with van der Waals surface area (Å²) in [6.45, 7) is 3.00. The number of carboxylic acid groups (broad SMARTS) is 1. The maximum absolute atomic E-state index is 10.8. The minimum absolute atomic E-state index is 0.0496. The van der Waals surface area contributed by atoms with Crippen LogP contribution in [0.2, 0.25) is 0 Å². The van der Waals surface area contributed by atoms with Crippen LogP contribution in [-0.2, 0) is 9.53 Å². The Labute approximate surface area is 101 Å². The van der Waals surface area contributed by atoms with Crippen LogP contribution in [-0.4, -0.2) is 59.5 Å². The molecule has 0 aromatic heterocycles. The first kappa shape index (κ1) is 12.8. The third-order valence-electron chi connectivity index (χ3n) is 3.71. The molecule has 0 amide bonds. The summed E-state index contributed by atoms with van der Waals surface area (Å²) in [5.74, 6) is -0.472. The fourth-order valence-electron chi connectivity index (χ4n) is 2.78. The van der Waals surface area contributed by atoms with Crippen LogP contribution in [0.4, 0.5) is 0 Å². The first-order valence-corrected chi connectivity index (χ1v) is 6.40. The van der Waals surface area contributed by atoms with E-state index in [1.165, 1.54) is 0 Å². The van der Waals surface area contributed by atoms with Crippen molar-refractivity contribution in [2.24, 2.45) is 5.92 Å². The second-order valence-corrected chi connectivity index (χ2v) is 5.11. The normalized spacial score (nSPS) is 35.0. The molecule has 0 spiro atoms. The van der Waals surface area contributed by atoms with E-state index in [0.717, 1.165) is 38.9 Å². The van der Waals surface area contributed by atoms with Crippen LogP contribution in [0, 0.1) is 5.92 Å². The first-order valence-electron chi connectivity index (χ1n) is 6.40. The summed E-state index contributed by atoms with van der Waals surface area (Å²) >= 11 is 0. The Morgan fingerprint density at radius 3 is 2.82 bits per heavy atom. The lowest BCUT2D eigenvalue weighted by Gasteiger charge is -2.33. The van der Waals surface area contributed by atoms with Crippen molar-refractivity contribution in [3.8, 4) is 0 Å². The predicted octanol–water partition coefficient (Wildman–Crippen LogP) is 0.323. The molecule has 5 nitrogen and oxygen atoms in total. The van der Waals surface area contributed by atoms with E-state index < -0.39 is 12.1 Å². The number of carboxylic acids is 1. The van der Waals surface area contributed by atoms with Crippen molar-refractivity contribution in [1.82, 2.24) is 4.90 Å². The van der Waals surface area contributed by atoms with Crippen LogP contribution >= 0.6 is 0 Å². The lowest BCUT2D eigenvalue weighted by molar-refractivity contribution is -0.149. The maximum atomic E-state index is 10.8. The molecular formula is C12H21NO4. The van der Waals surface area contributed by atoms with Crippen molar-refractivity contribution in [2.45, 2.75) is 37.9 Å². The minimum atomic E-state index is -0.848. The lowest BCUT2D eigenvalue weighted by Crippen LogP contribution is -2.41. The highest BCUT2D eigenvalue weighted by Gasteiger charge is 2.32. The maximum Gasteiger partial charge on any atom is 0.332 e. The summed E-state index contributed by atoms with van der Waals surface area (Å²) in [5.41, 5.74) is 0. The number of likely N-dealkylation sites (tertiary alicyclic amines) is 1. The average Bonchev–Trinajstić information content (AvgIpc) is 2.78. The summed E-state index contributed by atoms with van der Waals surface area (Å²) in [7, 11) is 0. The van der Waals surface area contributed by atoms with E-state index in [4.69, 9.17) is 14.9 Å². The lowest BCUT2D eigenvalue weighted by atomic mass is 9.98. The molecule has 2 saturated heterocycles. The molecule has 0 aromatic rings. The van der Waals surface area contributed by atoms with Crippen molar-refractivity contribution in [3.63, 3.8) is 0 Å². The van der Waals surface area contributed by atoms with Crippen molar-refractivity contribution in [1.29, 1.82) is 0 Å². The summed E-state index contributed by atoms with van der Waals surface area (Å²) < 4.78 is 5.49. The van der Waals surface area contributed by atoms with Gasteiger partial charge in [0.25, 0.3) is 0 Å². The Morgan fingerprint density at radius 1 is 1.35 bits per heavy atom. The quantitative estimate of drug-likeness (QED) is 0.744. The Hall–Kier alpha value is -0.650. The van der Waals surface area contributed by atoms with E-state index in [2.05, 4.69) is 4.90 Å². The van der Waals surface area contributed by atoms with Crippen molar-refractivity contribution < 1.29 is 19.7 Å². The molecule has 0 aliphatic carbocycles. The largest absolute Gasteiger partial charge is 0.479 e. The van der Waals surface area contributed by atoms with Gasteiger partial charge in [0, 0.05) is 19.7 Å². The zero-order chi connectivity index (χ0) is 12.3. The van der Waals surface area contributed by atoms with Gasteiger partial charge in [-0.2, -0.15) is 0 Å². The van der Waals surface area contributed by atoms with Crippen molar-refractivity contribution in [3.05, 3.63) is 0 Å². The van der Waals surface area contributed by atoms with E-state index >= 15 is 0 Å². The number of carbonyl (C=O) groups is 1. The number of rotatable bonds is 4. The molecule has 3 atom stereocenters. The third kappa shape index (κ3) is 3.40. The summed E-state index contributed by atoms with van der Waals surface area (Å²) in [6.07, 6.45) is 3.09. The molecule has 2 aliphatic rings. The van der Waals surface area contributed by atoms with Crippen molar-refractivity contribution in [2.75, 3.05) is 26.2 Å². The van der Waals surface area contributed by atoms with Gasteiger partial charge < -0.3 is 19.8 Å². The van der Waals surface area contributed by atoms with Crippen LogP contribution in [0.3, 0.4) is 0 Å². The van der Waals surface area contributed by atoms with Gasteiger partial charge in [-0.15, -0.1) is 0 Å². The Bertz CT molecular complexity index is 271. The van der Waals surface area contributed by atoms with Gasteiger partial charge in [-0.1, -0.05) is 0 Å². The molecule has 0 bridgehead atoms. The Kier molecular flexibility index (Phi) is 4.36. The van der Waals surface area contributed by atoms with Gasteiger partial charge in [0.15, 0.2) is 6.10 Å². The number of hydrogen-bond acceptors (Lipinski definition) is 4. The number of aliphatic carboxylic acids is 1. The molecule has 0 aromatic carbocycles. The summed E-state index contributed by atoms with van der Waals surface area (Å²) in [6, 6.07) is 0. The molecule has 2 rings (SSSR count). The molecule has 5 heteroatoms. The van der Waals surface area contributed by atoms with Crippen molar-refractivity contribution >= 4 is 5.97 Å². The standard InChI is InChI=1S/C12H21NO4/c14-8-9-2-1-5-13(6-9)7-10-3-4-11(17-10)12(15)16/h9-11,14H,1-8H2,(H,15,16). The van der Waals surface area contributed by atoms with Gasteiger partial charge in [0.05, 0.1) is 6.10 Å². The van der Waals surface area contributed by atoms with Gasteiger partial charge in [0.2, 0.25) is 0 Å². The highest BCUT2D eigenvalue weighted by molar-refractivity contribution is 5.72. The molecule has 2 N–H and O–H groups in total. The van der Waals surface area contributed by atoms with Crippen LogP contribution in [0.15, 0.2) is 0 Å². The predicted molar refractivity (Wildman–Crippen MR) is 61.8 cm³/mol. The summed E-state index contributed by atoms with van der Waals surface area (Å²) in [4.78, 5) is 13.1. The van der Waals surface area contributed by atoms with Crippen LogP contribution in [0.1, 0.15) is 25.7 Å².